The minimum atomic E-state index is -0.197. The Morgan fingerprint density at radius 1 is 1.10 bits per heavy atom. The zero-order valence-corrected chi connectivity index (χ0v) is 12.2. The lowest BCUT2D eigenvalue weighted by Gasteiger charge is -2.16. The third kappa shape index (κ3) is 4.07. The van der Waals surface area contributed by atoms with E-state index in [0.29, 0.717) is 0 Å². The first kappa shape index (κ1) is 14.5. The van der Waals surface area contributed by atoms with Crippen LogP contribution in [0.4, 0.5) is 10.1 Å². The summed E-state index contributed by atoms with van der Waals surface area (Å²) in [6.45, 7) is 2.96. The highest BCUT2D eigenvalue weighted by atomic mass is 19.1. The minimum absolute atomic E-state index is 0.0744. The summed E-state index contributed by atoms with van der Waals surface area (Å²) in [6, 6.07) is 15.1. The maximum absolute atomic E-state index is 13.2. The van der Waals surface area contributed by atoms with E-state index in [9.17, 15) is 4.39 Å². The predicted molar refractivity (Wildman–Crippen MR) is 82.3 cm³/mol. The molecule has 0 aliphatic heterocycles. The van der Waals surface area contributed by atoms with Crippen molar-refractivity contribution in [2.24, 2.45) is 0 Å². The van der Waals surface area contributed by atoms with Gasteiger partial charge in [0.05, 0.1) is 0 Å². The highest BCUT2D eigenvalue weighted by Crippen LogP contribution is 2.20. The summed E-state index contributed by atoms with van der Waals surface area (Å²) in [5.74, 6) is -0.197. The molecular formula is C17H21FN2. The molecule has 2 rings (SSSR count). The molecule has 0 bridgehead atoms. The molecule has 0 spiro atoms. The topological polar surface area (TPSA) is 15.3 Å². The zero-order valence-electron chi connectivity index (χ0n) is 12.2. The van der Waals surface area contributed by atoms with Crippen LogP contribution < -0.4 is 5.32 Å². The molecule has 3 heteroatoms. The quantitative estimate of drug-likeness (QED) is 0.883. The van der Waals surface area contributed by atoms with Gasteiger partial charge in [-0.05, 0) is 56.4 Å². The summed E-state index contributed by atoms with van der Waals surface area (Å²) < 4.78 is 13.2. The number of halogens is 1. The van der Waals surface area contributed by atoms with Crippen LogP contribution in [0.5, 0.6) is 0 Å². The van der Waals surface area contributed by atoms with Crippen LogP contribution in [0.1, 0.15) is 24.1 Å². The highest BCUT2D eigenvalue weighted by molar-refractivity contribution is 5.46. The monoisotopic (exact) mass is 272 g/mol. The summed E-state index contributed by atoms with van der Waals surface area (Å²) in [5, 5.41) is 3.39. The maximum Gasteiger partial charge on any atom is 0.123 e. The van der Waals surface area contributed by atoms with Crippen LogP contribution >= 0.6 is 0 Å². The van der Waals surface area contributed by atoms with E-state index in [1.807, 2.05) is 13.0 Å². The van der Waals surface area contributed by atoms with Crippen molar-refractivity contribution in [3.63, 3.8) is 0 Å². The predicted octanol–water partition coefficient (Wildman–Crippen LogP) is 4.06. The lowest BCUT2D eigenvalue weighted by molar-refractivity contribution is 0.402. The molecule has 0 fully saturated rings. The Bertz CT molecular complexity index is 549. The van der Waals surface area contributed by atoms with Crippen LogP contribution in [-0.4, -0.2) is 19.0 Å². The number of rotatable bonds is 5. The molecule has 20 heavy (non-hydrogen) atoms. The van der Waals surface area contributed by atoms with E-state index in [4.69, 9.17) is 0 Å². The van der Waals surface area contributed by atoms with Gasteiger partial charge in [0, 0.05) is 18.3 Å². The van der Waals surface area contributed by atoms with E-state index in [2.05, 4.69) is 48.6 Å². The number of nitrogens with one attached hydrogen (secondary N) is 1. The third-order valence-corrected chi connectivity index (χ3v) is 3.18. The molecule has 2 nitrogen and oxygen atoms in total. The van der Waals surface area contributed by atoms with Crippen molar-refractivity contribution in [3.8, 4) is 0 Å². The van der Waals surface area contributed by atoms with Crippen LogP contribution in [0.15, 0.2) is 48.5 Å². The van der Waals surface area contributed by atoms with E-state index in [0.717, 1.165) is 17.8 Å². The van der Waals surface area contributed by atoms with E-state index in [-0.39, 0.29) is 11.9 Å². The molecule has 1 unspecified atom stereocenters. The molecule has 1 N–H and O–H groups in total. The normalized spacial score (nSPS) is 12.4. The molecule has 0 saturated carbocycles. The Labute approximate surface area is 120 Å². The fraction of sp³-hybridized carbons (Fsp3) is 0.294. The first-order valence-electron chi connectivity index (χ1n) is 6.80. The lowest BCUT2D eigenvalue weighted by atomic mass is 10.1. The van der Waals surface area contributed by atoms with Gasteiger partial charge < -0.3 is 10.2 Å². The van der Waals surface area contributed by atoms with Crippen molar-refractivity contribution in [1.29, 1.82) is 0 Å². The van der Waals surface area contributed by atoms with Gasteiger partial charge in [-0.25, -0.2) is 4.39 Å². The van der Waals surface area contributed by atoms with Crippen molar-refractivity contribution in [3.05, 3.63) is 65.5 Å². The zero-order chi connectivity index (χ0) is 14.5. The van der Waals surface area contributed by atoms with E-state index >= 15 is 0 Å². The Kier molecular flexibility index (Phi) is 4.74. The van der Waals surface area contributed by atoms with Gasteiger partial charge >= 0.3 is 0 Å². The summed E-state index contributed by atoms with van der Waals surface area (Å²) in [4.78, 5) is 2.14. The smallest absolute Gasteiger partial charge is 0.123 e. The minimum Gasteiger partial charge on any atom is -0.379 e. The Hall–Kier alpha value is -1.87. The van der Waals surface area contributed by atoms with Gasteiger partial charge in [0.2, 0.25) is 0 Å². The number of benzene rings is 2. The van der Waals surface area contributed by atoms with E-state index in [1.54, 1.807) is 12.1 Å². The van der Waals surface area contributed by atoms with Crippen molar-refractivity contribution < 1.29 is 4.39 Å². The van der Waals surface area contributed by atoms with Crippen molar-refractivity contribution in [2.75, 3.05) is 19.4 Å². The highest BCUT2D eigenvalue weighted by Gasteiger charge is 2.06. The van der Waals surface area contributed by atoms with Gasteiger partial charge in [-0.3, -0.25) is 0 Å². The average Bonchev–Trinajstić information content (AvgIpc) is 2.40. The fourth-order valence-corrected chi connectivity index (χ4v) is 2.18. The van der Waals surface area contributed by atoms with Crippen LogP contribution in [0.3, 0.4) is 0 Å². The lowest BCUT2D eigenvalue weighted by Crippen LogP contribution is -2.11. The van der Waals surface area contributed by atoms with Crippen LogP contribution in [-0.2, 0) is 6.54 Å². The van der Waals surface area contributed by atoms with Crippen LogP contribution in [0, 0.1) is 5.82 Å². The summed E-state index contributed by atoms with van der Waals surface area (Å²) >= 11 is 0. The van der Waals surface area contributed by atoms with Gasteiger partial charge in [0.25, 0.3) is 0 Å². The molecular weight excluding hydrogens is 251 g/mol. The summed E-state index contributed by atoms with van der Waals surface area (Å²) in [5.41, 5.74) is 3.27. The molecule has 0 aliphatic rings. The second-order valence-corrected chi connectivity index (χ2v) is 5.36. The number of hydrogen-bond donors (Lipinski definition) is 1. The molecule has 0 radical (unpaired) electrons. The largest absolute Gasteiger partial charge is 0.379 e. The molecule has 106 valence electrons. The van der Waals surface area contributed by atoms with Gasteiger partial charge in [0.1, 0.15) is 5.82 Å². The molecule has 2 aromatic carbocycles. The summed E-state index contributed by atoms with van der Waals surface area (Å²) in [6.07, 6.45) is 0. The second kappa shape index (κ2) is 6.53. The van der Waals surface area contributed by atoms with E-state index < -0.39 is 0 Å². The molecule has 0 saturated heterocycles. The van der Waals surface area contributed by atoms with Gasteiger partial charge in [-0.15, -0.1) is 0 Å². The SMILES string of the molecule is CC(Nc1ccc(CN(C)C)cc1)c1cccc(F)c1. The van der Waals surface area contributed by atoms with Gasteiger partial charge in [-0.1, -0.05) is 24.3 Å². The van der Waals surface area contributed by atoms with Crippen molar-refractivity contribution in [1.82, 2.24) is 4.90 Å². The van der Waals surface area contributed by atoms with Gasteiger partial charge in [-0.2, -0.15) is 0 Å². The van der Waals surface area contributed by atoms with E-state index in [1.165, 1.54) is 11.6 Å². The molecule has 2 aromatic rings. The number of hydrogen-bond acceptors (Lipinski definition) is 2. The molecule has 0 amide bonds. The Morgan fingerprint density at radius 2 is 1.80 bits per heavy atom. The van der Waals surface area contributed by atoms with Crippen LogP contribution in [0.25, 0.3) is 0 Å². The first-order valence-corrected chi connectivity index (χ1v) is 6.80. The molecule has 0 aromatic heterocycles. The molecule has 0 heterocycles. The fourth-order valence-electron chi connectivity index (χ4n) is 2.18. The maximum atomic E-state index is 13.2. The third-order valence-electron chi connectivity index (χ3n) is 3.18. The van der Waals surface area contributed by atoms with Gasteiger partial charge in [0.15, 0.2) is 0 Å². The molecule has 1 atom stereocenters. The Morgan fingerprint density at radius 3 is 2.40 bits per heavy atom. The number of nitrogens with zero attached hydrogens (tertiary/aromatic N) is 1. The van der Waals surface area contributed by atoms with Crippen LogP contribution in [0.2, 0.25) is 0 Å². The Balaban J connectivity index is 2.02. The average molecular weight is 272 g/mol. The number of anilines is 1. The van der Waals surface area contributed by atoms with Crippen molar-refractivity contribution in [2.45, 2.75) is 19.5 Å². The first-order chi connectivity index (χ1) is 9.54. The summed E-state index contributed by atoms with van der Waals surface area (Å²) in [7, 11) is 4.11. The second-order valence-electron chi connectivity index (χ2n) is 5.36. The standard InChI is InChI=1S/C17H21FN2/c1-13(15-5-4-6-16(18)11-15)19-17-9-7-14(8-10-17)12-20(2)3/h4-11,13,19H,12H2,1-3H3. The van der Waals surface area contributed by atoms with Crippen molar-refractivity contribution >= 4 is 5.69 Å². The molecule has 0 aliphatic carbocycles.